The molecule has 1 heterocycles. The maximum absolute atomic E-state index is 12.5. The SMILES string of the molecule is CN(C(=O)c1ccc2nccnc2c1)c1cccc(O)c1. The van der Waals surface area contributed by atoms with E-state index in [2.05, 4.69) is 9.97 Å². The van der Waals surface area contributed by atoms with Gasteiger partial charge in [0.25, 0.3) is 5.91 Å². The van der Waals surface area contributed by atoms with Crippen LogP contribution in [-0.4, -0.2) is 28.0 Å². The first-order chi connectivity index (χ1) is 10.1. The lowest BCUT2D eigenvalue weighted by molar-refractivity contribution is 0.0993. The van der Waals surface area contributed by atoms with Gasteiger partial charge in [-0.15, -0.1) is 0 Å². The van der Waals surface area contributed by atoms with E-state index in [0.29, 0.717) is 16.8 Å². The van der Waals surface area contributed by atoms with Crippen LogP contribution < -0.4 is 4.90 Å². The number of carbonyl (C=O) groups is 1. The molecule has 0 atom stereocenters. The van der Waals surface area contributed by atoms with Crippen molar-refractivity contribution in [3.05, 3.63) is 60.4 Å². The van der Waals surface area contributed by atoms with Crippen molar-refractivity contribution >= 4 is 22.6 Å². The van der Waals surface area contributed by atoms with Crippen LogP contribution in [0.5, 0.6) is 5.75 Å². The Morgan fingerprint density at radius 1 is 1.05 bits per heavy atom. The van der Waals surface area contributed by atoms with E-state index in [1.807, 2.05) is 0 Å². The highest BCUT2D eigenvalue weighted by molar-refractivity contribution is 6.07. The lowest BCUT2D eigenvalue weighted by Gasteiger charge is -2.17. The molecular formula is C16H13N3O2. The van der Waals surface area contributed by atoms with E-state index in [9.17, 15) is 9.90 Å². The highest BCUT2D eigenvalue weighted by atomic mass is 16.3. The third-order valence-corrected chi connectivity index (χ3v) is 3.24. The molecule has 3 rings (SSSR count). The zero-order valence-corrected chi connectivity index (χ0v) is 11.4. The first-order valence-electron chi connectivity index (χ1n) is 6.43. The smallest absolute Gasteiger partial charge is 0.258 e. The fraction of sp³-hybridized carbons (Fsp3) is 0.0625. The Labute approximate surface area is 121 Å². The van der Waals surface area contributed by atoms with E-state index in [4.69, 9.17) is 0 Å². The topological polar surface area (TPSA) is 66.3 Å². The number of phenols is 1. The molecule has 0 saturated carbocycles. The molecule has 0 aliphatic rings. The van der Waals surface area contributed by atoms with Gasteiger partial charge in [0.2, 0.25) is 0 Å². The van der Waals surface area contributed by atoms with Gasteiger partial charge in [-0.25, -0.2) is 0 Å². The minimum atomic E-state index is -0.173. The summed E-state index contributed by atoms with van der Waals surface area (Å²) in [7, 11) is 1.66. The van der Waals surface area contributed by atoms with Gasteiger partial charge in [0, 0.05) is 36.8 Å². The van der Waals surface area contributed by atoms with Crippen LogP contribution in [-0.2, 0) is 0 Å². The number of phenolic OH excluding ortho intramolecular Hbond substituents is 1. The fourth-order valence-corrected chi connectivity index (χ4v) is 2.11. The molecule has 104 valence electrons. The van der Waals surface area contributed by atoms with Gasteiger partial charge in [-0.05, 0) is 30.3 Å². The molecule has 1 aromatic heterocycles. The molecule has 0 radical (unpaired) electrons. The fourth-order valence-electron chi connectivity index (χ4n) is 2.11. The Kier molecular flexibility index (Phi) is 3.23. The maximum Gasteiger partial charge on any atom is 0.258 e. The van der Waals surface area contributed by atoms with Gasteiger partial charge in [0.1, 0.15) is 5.75 Å². The number of anilines is 1. The summed E-state index contributed by atoms with van der Waals surface area (Å²) in [6, 6.07) is 11.8. The number of rotatable bonds is 2. The monoisotopic (exact) mass is 279 g/mol. The van der Waals surface area contributed by atoms with Crippen molar-refractivity contribution in [3.63, 3.8) is 0 Å². The number of amides is 1. The molecule has 5 nitrogen and oxygen atoms in total. The molecule has 0 spiro atoms. The summed E-state index contributed by atoms with van der Waals surface area (Å²) < 4.78 is 0. The molecule has 0 bridgehead atoms. The van der Waals surface area contributed by atoms with E-state index in [1.54, 1.807) is 61.9 Å². The first-order valence-corrected chi connectivity index (χ1v) is 6.43. The molecule has 0 unspecified atom stereocenters. The van der Waals surface area contributed by atoms with E-state index in [-0.39, 0.29) is 11.7 Å². The lowest BCUT2D eigenvalue weighted by Crippen LogP contribution is -2.26. The van der Waals surface area contributed by atoms with Gasteiger partial charge < -0.3 is 10.0 Å². The predicted octanol–water partition coefficient (Wildman–Crippen LogP) is 2.61. The lowest BCUT2D eigenvalue weighted by atomic mass is 10.1. The highest BCUT2D eigenvalue weighted by Crippen LogP contribution is 2.21. The number of fused-ring (bicyclic) bond motifs is 1. The molecule has 1 amide bonds. The average molecular weight is 279 g/mol. The van der Waals surface area contributed by atoms with Crippen LogP contribution in [0.4, 0.5) is 5.69 Å². The Morgan fingerprint density at radius 2 is 1.81 bits per heavy atom. The van der Waals surface area contributed by atoms with Gasteiger partial charge in [-0.3, -0.25) is 14.8 Å². The summed E-state index contributed by atoms with van der Waals surface area (Å²) in [4.78, 5) is 22.4. The number of benzene rings is 2. The molecule has 0 aliphatic heterocycles. The minimum Gasteiger partial charge on any atom is -0.508 e. The Bertz CT molecular complexity index is 817. The number of nitrogens with zero attached hydrogens (tertiary/aromatic N) is 3. The van der Waals surface area contributed by atoms with Crippen molar-refractivity contribution in [3.8, 4) is 5.75 Å². The first kappa shape index (κ1) is 13.1. The average Bonchev–Trinajstić information content (AvgIpc) is 2.53. The number of aromatic nitrogens is 2. The van der Waals surface area contributed by atoms with E-state index in [1.165, 1.54) is 4.90 Å². The molecule has 21 heavy (non-hydrogen) atoms. The summed E-state index contributed by atoms with van der Waals surface area (Å²) in [5.41, 5.74) is 2.56. The van der Waals surface area contributed by atoms with Gasteiger partial charge in [0.15, 0.2) is 0 Å². The van der Waals surface area contributed by atoms with Crippen LogP contribution in [0.25, 0.3) is 11.0 Å². The molecular weight excluding hydrogens is 266 g/mol. The number of carbonyl (C=O) groups excluding carboxylic acids is 1. The van der Waals surface area contributed by atoms with E-state index in [0.717, 1.165) is 5.52 Å². The standard InChI is InChI=1S/C16H13N3O2/c1-19(12-3-2-4-13(20)10-12)16(21)11-5-6-14-15(9-11)18-8-7-17-14/h2-10,20H,1H3. The molecule has 0 saturated heterocycles. The summed E-state index contributed by atoms with van der Waals surface area (Å²) in [6.45, 7) is 0. The number of hydrogen-bond acceptors (Lipinski definition) is 4. The van der Waals surface area contributed by atoms with Gasteiger partial charge in [-0.1, -0.05) is 6.07 Å². The zero-order chi connectivity index (χ0) is 14.8. The summed E-state index contributed by atoms with van der Waals surface area (Å²) in [6.07, 6.45) is 3.21. The van der Waals surface area contributed by atoms with Crippen molar-refractivity contribution in [1.82, 2.24) is 9.97 Å². The van der Waals surface area contributed by atoms with E-state index >= 15 is 0 Å². The molecule has 2 aromatic carbocycles. The summed E-state index contributed by atoms with van der Waals surface area (Å²) >= 11 is 0. The Balaban J connectivity index is 1.96. The second-order valence-electron chi connectivity index (χ2n) is 4.64. The van der Waals surface area contributed by atoms with Crippen molar-refractivity contribution in [2.75, 3.05) is 11.9 Å². The summed E-state index contributed by atoms with van der Waals surface area (Å²) in [5.74, 6) is -0.0512. The van der Waals surface area contributed by atoms with Gasteiger partial charge in [-0.2, -0.15) is 0 Å². The van der Waals surface area contributed by atoms with Crippen LogP contribution in [0.15, 0.2) is 54.9 Å². The van der Waals surface area contributed by atoms with Gasteiger partial charge >= 0.3 is 0 Å². The molecule has 1 N–H and O–H groups in total. The molecule has 0 aliphatic carbocycles. The van der Waals surface area contributed by atoms with Crippen LogP contribution in [0.1, 0.15) is 10.4 Å². The minimum absolute atomic E-state index is 0.122. The zero-order valence-electron chi connectivity index (χ0n) is 11.4. The van der Waals surface area contributed by atoms with Crippen molar-refractivity contribution in [2.24, 2.45) is 0 Å². The molecule has 0 fully saturated rings. The van der Waals surface area contributed by atoms with Crippen molar-refractivity contribution in [2.45, 2.75) is 0 Å². The predicted molar refractivity (Wildman–Crippen MR) is 80.4 cm³/mol. The normalized spacial score (nSPS) is 10.5. The van der Waals surface area contributed by atoms with Crippen LogP contribution in [0.2, 0.25) is 0 Å². The maximum atomic E-state index is 12.5. The van der Waals surface area contributed by atoms with Gasteiger partial charge in [0.05, 0.1) is 11.0 Å². The second kappa shape index (κ2) is 5.20. The number of aromatic hydroxyl groups is 1. The third kappa shape index (κ3) is 2.53. The summed E-state index contributed by atoms with van der Waals surface area (Å²) in [5, 5.41) is 9.50. The number of hydrogen-bond donors (Lipinski definition) is 1. The van der Waals surface area contributed by atoms with Crippen LogP contribution in [0, 0.1) is 0 Å². The van der Waals surface area contributed by atoms with E-state index < -0.39 is 0 Å². The Morgan fingerprint density at radius 3 is 2.57 bits per heavy atom. The van der Waals surface area contributed by atoms with Crippen LogP contribution >= 0.6 is 0 Å². The molecule has 5 heteroatoms. The molecule has 3 aromatic rings. The highest BCUT2D eigenvalue weighted by Gasteiger charge is 2.14. The third-order valence-electron chi connectivity index (χ3n) is 3.24. The second-order valence-corrected chi connectivity index (χ2v) is 4.64. The quantitative estimate of drug-likeness (QED) is 0.783. The largest absolute Gasteiger partial charge is 0.508 e. The van der Waals surface area contributed by atoms with Crippen molar-refractivity contribution < 1.29 is 9.90 Å². The Hall–Kier alpha value is -2.95. The van der Waals surface area contributed by atoms with Crippen LogP contribution in [0.3, 0.4) is 0 Å². The van der Waals surface area contributed by atoms with Crippen molar-refractivity contribution in [1.29, 1.82) is 0 Å².